The molecule has 202 valence electrons. The van der Waals surface area contributed by atoms with Gasteiger partial charge in [-0.3, -0.25) is 0 Å². The maximum absolute atomic E-state index is 14.3. The van der Waals surface area contributed by atoms with Gasteiger partial charge in [-0.05, 0) is 35.1 Å². The van der Waals surface area contributed by atoms with E-state index in [9.17, 15) is 12.8 Å². The Hall–Kier alpha value is -3.47. The van der Waals surface area contributed by atoms with Crippen molar-refractivity contribution in [3.05, 3.63) is 53.8 Å². The minimum atomic E-state index is -2.99. The number of nitrogens with one attached hydrogen (secondary N) is 1. The van der Waals surface area contributed by atoms with Crippen molar-refractivity contribution in [2.24, 2.45) is 5.92 Å². The fraction of sp³-hybridized carbons (Fsp3) is 0.444. The van der Waals surface area contributed by atoms with E-state index in [0.29, 0.717) is 55.3 Å². The minimum Gasteiger partial charge on any atom is -0.498 e. The molecule has 0 amide bonds. The number of nitrogens with zero attached hydrogens (tertiary/aromatic N) is 5. The Balaban J connectivity index is 1.39. The number of pyridine rings is 1. The van der Waals surface area contributed by atoms with Crippen LogP contribution in [0.4, 0.5) is 27.7 Å². The Labute approximate surface area is 222 Å². The van der Waals surface area contributed by atoms with E-state index in [1.807, 2.05) is 12.3 Å². The minimum absolute atomic E-state index is 0.0723. The molecule has 38 heavy (non-hydrogen) atoms. The number of hydrogen-bond donors (Lipinski definition) is 1. The van der Waals surface area contributed by atoms with Gasteiger partial charge in [-0.25, -0.2) is 22.8 Å². The molecule has 9 nitrogen and oxygen atoms in total. The molecule has 1 N–H and O–H groups in total. The smallest absolute Gasteiger partial charge is 0.227 e. The van der Waals surface area contributed by atoms with Crippen molar-refractivity contribution in [1.82, 2.24) is 15.0 Å². The molecule has 0 radical (unpaired) electrons. The number of halogens is 1. The molecular weight excluding hydrogens is 507 g/mol. The van der Waals surface area contributed by atoms with Gasteiger partial charge >= 0.3 is 0 Å². The summed E-state index contributed by atoms with van der Waals surface area (Å²) in [5, 5.41) is 5.41. The molecule has 2 aliphatic rings. The predicted octanol–water partition coefficient (Wildman–Crippen LogP) is 4.41. The van der Waals surface area contributed by atoms with E-state index in [2.05, 4.69) is 51.1 Å². The molecule has 11 heteroatoms. The molecule has 0 saturated carbocycles. The highest BCUT2D eigenvalue weighted by atomic mass is 32.2. The number of fused-ring (bicyclic) bond motifs is 1. The number of methoxy groups -OCH3 is 1. The maximum Gasteiger partial charge on any atom is 0.227 e. The lowest BCUT2D eigenvalue weighted by atomic mass is 9.93. The Morgan fingerprint density at radius 2 is 1.92 bits per heavy atom. The van der Waals surface area contributed by atoms with Crippen LogP contribution in [0, 0.1) is 5.92 Å². The zero-order valence-corrected chi connectivity index (χ0v) is 22.9. The summed E-state index contributed by atoms with van der Waals surface area (Å²) in [7, 11) is -1.51. The van der Waals surface area contributed by atoms with E-state index in [4.69, 9.17) is 4.74 Å². The largest absolute Gasteiger partial charge is 0.498 e. The van der Waals surface area contributed by atoms with E-state index < -0.39 is 9.84 Å². The van der Waals surface area contributed by atoms with Crippen LogP contribution in [0.2, 0.25) is 0 Å². The first-order valence-electron chi connectivity index (χ1n) is 12.7. The summed E-state index contributed by atoms with van der Waals surface area (Å²) in [6.45, 7) is 6.38. The second kappa shape index (κ2) is 10.4. The van der Waals surface area contributed by atoms with Crippen molar-refractivity contribution in [2.45, 2.75) is 26.2 Å². The molecule has 0 spiro atoms. The molecule has 1 fully saturated rings. The van der Waals surface area contributed by atoms with Crippen LogP contribution in [0.25, 0.3) is 10.8 Å². The van der Waals surface area contributed by atoms with Crippen molar-refractivity contribution in [3.8, 4) is 0 Å². The average molecular weight is 541 g/mol. The summed E-state index contributed by atoms with van der Waals surface area (Å²) < 4.78 is 42.8. The van der Waals surface area contributed by atoms with Gasteiger partial charge in [-0.2, -0.15) is 4.98 Å². The van der Waals surface area contributed by atoms with Crippen LogP contribution in [0.5, 0.6) is 0 Å². The van der Waals surface area contributed by atoms with Gasteiger partial charge < -0.3 is 19.9 Å². The SMILES string of the molecule is COC1=C(F)CN(c2nccc(Nc3cc4c(C(C)C)ccc(N5CC(CS(C)(=O)=O)C5)c4cn3)n2)CC1. The first-order chi connectivity index (χ1) is 18.1. The number of hydrogen-bond acceptors (Lipinski definition) is 9. The van der Waals surface area contributed by atoms with Crippen LogP contribution in [-0.4, -0.2) is 68.7 Å². The zero-order valence-electron chi connectivity index (χ0n) is 22.1. The number of benzene rings is 1. The van der Waals surface area contributed by atoms with E-state index in [0.717, 1.165) is 16.5 Å². The van der Waals surface area contributed by atoms with Gasteiger partial charge in [0.1, 0.15) is 27.2 Å². The summed E-state index contributed by atoms with van der Waals surface area (Å²) in [5.74, 6) is 2.39. The van der Waals surface area contributed by atoms with Crippen molar-refractivity contribution in [3.63, 3.8) is 0 Å². The molecule has 2 aromatic heterocycles. The lowest BCUT2D eigenvalue weighted by Gasteiger charge is -2.41. The topological polar surface area (TPSA) is 101 Å². The summed E-state index contributed by atoms with van der Waals surface area (Å²) in [5.41, 5.74) is 2.27. The van der Waals surface area contributed by atoms with E-state index in [1.54, 1.807) is 17.2 Å². The van der Waals surface area contributed by atoms with E-state index in [-0.39, 0.29) is 24.0 Å². The highest BCUT2D eigenvalue weighted by Crippen LogP contribution is 2.37. The molecule has 4 heterocycles. The predicted molar refractivity (Wildman–Crippen MR) is 149 cm³/mol. The Morgan fingerprint density at radius 1 is 1.13 bits per heavy atom. The van der Waals surface area contributed by atoms with Crippen LogP contribution in [-0.2, 0) is 14.6 Å². The van der Waals surface area contributed by atoms with Crippen LogP contribution in [0.15, 0.2) is 48.2 Å². The standard InChI is InChI=1S/C27H33FN6O3S/c1-17(2)19-5-6-23(34-13-18(14-34)16-38(4,35)36)21-12-30-26(11-20(19)21)31-25-7-9-29-27(32-25)33-10-8-24(37-3)22(28)15-33/h5-7,9,11-12,17-18H,8,10,13-16H2,1-4H3,(H,29,30,31,32). The molecule has 1 aromatic carbocycles. The third-order valence-electron chi connectivity index (χ3n) is 7.04. The lowest BCUT2D eigenvalue weighted by molar-refractivity contribution is 0.253. The summed E-state index contributed by atoms with van der Waals surface area (Å²) in [6, 6.07) is 8.04. The van der Waals surface area contributed by atoms with Gasteiger partial charge in [0.2, 0.25) is 5.95 Å². The fourth-order valence-electron chi connectivity index (χ4n) is 5.19. The van der Waals surface area contributed by atoms with Gasteiger partial charge in [0.15, 0.2) is 5.83 Å². The molecule has 0 aliphatic carbocycles. The monoisotopic (exact) mass is 540 g/mol. The third-order valence-corrected chi connectivity index (χ3v) is 8.12. The molecule has 3 aromatic rings. The first-order valence-corrected chi connectivity index (χ1v) is 14.8. The zero-order chi connectivity index (χ0) is 27.0. The van der Waals surface area contributed by atoms with E-state index >= 15 is 0 Å². The Bertz CT molecular complexity index is 1490. The number of anilines is 4. The van der Waals surface area contributed by atoms with Crippen LogP contribution in [0.3, 0.4) is 0 Å². The third kappa shape index (κ3) is 5.52. The Morgan fingerprint density at radius 3 is 2.61 bits per heavy atom. The van der Waals surface area contributed by atoms with Crippen molar-refractivity contribution < 1.29 is 17.5 Å². The number of ether oxygens (including phenoxy) is 1. The lowest BCUT2D eigenvalue weighted by Crippen LogP contribution is -2.49. The number of sulfone groups is 1. The molecule has 0 bridgehead atoms. The maximum atomic E-state index is 14.3. The highest BCUT2D eigenvalue weighted by molar-refractivity contribution is 7.90. The van der Waals surface area contributed by atoms with Gasteiger partial charge in [0.25, 0.3) is 0 Å². The summed E-state index contributed by atoms with van der Waals surface area (Å²) in [4.78, 5) is 17.6. The van der Waals surface area contributed by atoms with Gasteiger partial charge in [-0.1, -0.05) is 19.9 Å². The van der Waals surface area contributed by atoms with E-state index in [1.165, 1.54) is 18.9 Å². The normalized spacial score (nSPS) is 16.8. The quantitative estimate of drug-likeness (QED) is 0.445. The second-order valence-corrected chi connectivity index (χ2v) is 12.6. The summed E-state index contributed by atoms with van der Waals surface area (Å²) in [6.07, 6.45) is 5.26. The molecule has 0 unspecified atom stereocenters. The van der Waals surface area contributed by atoms with Gasteiger partial charge in [0.05, 0.1) is 19.4 Å². The Kier molecular flexibility index (Phi) is 7.13. The van der Waals surface area contributed by atoms with Crippen LogP contribution < -0.4 is 15.1 Å². The van der Waals surface area contributed by atoms with Gasteiger partial charge in [-0.15, -0.1) is 0 Å². The number of aromatic nitrogens is 3. The fourth-order valence-corrected chi connectivity index (χ4v) is 6.25. The van der Waals surface area contributed by atoms with Crippen LogP contribution >= 0.6 is 0 Å². The van der Waals surface area contributed by atoms with Gasteiger partial charge in [0, 0.05) is 61.7 Å². The molecule has 2 aliphatic heterocycles. The average Bonchev–Trinajstić information content (AvgIpc) is 2.85. The second-order valence-electron chi connectivity index (χ2n) is 10.4. The first kappa shape index (κ1) is 26.1. The van der Waals surface area contributed by atoms with Crippen LogP contribution in [0.1, 0.15) is 31.7 Å². The molecule has 0 atom stereocenters. The highest BCUT2D eigenvalue weighted by Gasteiger charge is 2.31. The summed E-state index contributed by atoms with van der Waals surface area (Å²) >= 11 is 0. The molecule has 5 rings (SSSR count). The molecular formula is C27H33FN6O3S. The number of rotatable bonds is 8. The van der Waals surface area contributed by atoms with Crippen molar-refractivity contribution >= 4 is 43.9 Å². The van der Waals surface area contributed by atoms with Crippen molar-refractivity contribution in [1.29, 1.82) is 0 Å². The van der Waals surface area contributed by atoms with Crippen molar-refractivity contribution in [2.75, 3.05) is 60.4 Å². The molecule has 1 saturated heterocycles.